The summed E-state index contributed by atoms with van der Waals surface area (Å²) in [7, 11) is 0. The fourth-order valence-electron chi connectivity index (χ4n) is 3.26. The molecule has 7 heteroatoms. The topological polar surface area (TPSA) is 113 Å². The van der Waals surface area contributed by atoms with E-state index in [-0.39, 0.29) is 11.8 Å². The third kappa shape index (κ3) is 4.63. The zero-order valence-electron chi connectivity index (χ0n) is 15.4. The number of carbonyl (C=O) groups is 2. The second kappa shape index (κ2) is 7.74. The highest BCUT2D eigenvalue weighted by atomic mass is 16.2. The zero-order chi connectivity index (χ0) is 18.7. The van der Waals surface area contributed by atoms with Gasteiger partial charge in [-0.15, -0.1) is 0 Å². The van der Waals surface area contributed by atoms with Gasteiger partial charge in [-0.2, -0.15) is 0 Å². The number of anilines is 2. The molecule has 0 spiro atoms. The molecule has 2 rings (SSSR count). The number of nitrogen functional groups attached to an aromatic ring is 1. The molecule has 1 aromatic carbocycles. The quantitative estimate of drug-likeness (QED) is 0.586. The first kappa shape index (κ1) is 19.1. The first-order valence-corrected chi connectivity index (χ1v) is 8.69. The van der Waals surface area contributed by atoms with Gasteiger partial charge < -0.3 is 27.0 Å². The number of hydrogen-bond acceptors (Lipinski definition) is 5. The van der Waals surface area contributed by atoms with Crippen molar-refractivity contribution in [2.45, 2.75) is 45.8 Å². The molecule has 1 aliphatic rings. The van der Waals surface area contributed by atoms with Crippen LogP contribution >= 0.6 is 0 Å². The Balaban J connectivity index is 2.23. The molecule has 0 bridgehead atoms. The summed E-state index contributed by atoms with van der Waals surface area (Å²) in [6.07, 6.45) is 0. The summed E-state index contributed by atoms with van der Waals surface area (Å²) in [5, 5.41) is 6.18. The van der Waals surface area contributed by atoms with Crippen molar-refractivity contribution in [3.8, 4) is 0 Å². The van der Waals surface area contributed by atoms with Crippen LogP contribution in [0, 0.1) is 5.92 Å². The first-order valence-electron chi connectivity index (χ1n) is 8.69. The van der Waals surface area contributed by atoms with Gasteiger partial charge in [0.15, 0.2) is 0 Å². The molecule has 2 amide bonds. The van der Waals surface area contributed by atoms with Crippen LogP contribution in [0.15, 0.2) is 18.2 Å². The molecule has 6 N–H and O–H groups in total. The molecule has 0 saturated carbocycles. The Morgan fingerprint density at radius 1 is 1.24 bits per heavy atom. The minimum atomic E-state index is -0.727. The number of benzene rings is 1. The summed E-state index contributed by atoms with van der Waals surface area (Å²) in [4.78, 5) is 26.4. The predicted molar refractivity (Wildman–Crippen MR) is 100 cm³/mol. The van der Waals surface area contributed by atoms with Gasteiger partial charge in [-0.25, -0.2) is 0 Å². The van der Waals surface area contributed by atoms with Crippen molar-refractivity contribution in [3.63, 3.8) is 0 Å². The maximum Gasteiger partial charge on any atom is 0.254 e. The minimum absolute atomic E-state index is 0.0966. The number of hydrogen-bond donors (Lipinski definition) is 4. The van der Waals surface area contributed by atoms with Crippen molar-refractivity contribution in [3.05, 3.63) is 23.8 Å². The molecule has 3 unspecified atom stereocenters. The summed E-state index contributed by atoms with van der Waals surface area (Å²) in [6, 6.07) is 5.43. The highest BCUT2D eigenvalue weighted by Gasteiger charge is 2.25. The number of amides is 2. The standard InChI is InChI=1S/C18H29N5O2/c1-10(2)16(17(20)24)22-18(25)14-7-13(5-6-15(14)19)23-8-11(3)21-12(4)9-23/h5-7,10-12,16,21H,8-9,19H2,1-4H3,(H2,20,24)(H,22,25). The van der Waals surface area contributed by atoms with Crippen LogP contribution in [0.3, 0.4) is 0 Å². The molecule has 0 aliphatic carbocycles. The third-order valence-corrected chi connectivity index (χ3v) is 4.46. The van der Waals surface area contributed by atoms with E-state index < -0.39 is 11.9 Å². The van der Waals surface area contributed by atoms with Gasteiger partial charge in [-0.1, -0.05) is 13.8 Å². The van der Waals surface area contributed by atoms with Crippen LogP contribution in [0.4, 0.5) is 11.4 Å². The van der Waals surface area contributed by atoms with Gasteiger partial charge in [0.25, 0.3) is 5.91 Å². The van der Waals surface area contributed by atoms with Crippen LogP contribution in [0.5, 0.6) is 0 Å². The zero-order valence-corrected chi connectivity index (χ0v) is 15.4. The lowest BCUT2D eigenvalue weighted by atomic mass is 10.0. The maximum absolute atomic E-state index is 12.6. The summed E-state index contributed by atoms with van der Waals surface area (Å²) in [6.45, 7) is 9.63. The van der Waals surface area contributed by atoms with Gasteiger partial charge in [0, 0.05) is 36.5 Å². The van der Waals surface area contributed by atoms with Crippen molar-refractivity contribution in [1.82, 2.24) is 10.6 Å². The summed E-state index contributed by atoms with van der Waals surface area (Å²) >= 11 is 0. The molecular formula is C18H29N5O2. The number of nitrogens with one attached hydrogen (secondary N) is 2. The van der Waals surface area contributed by atoms with E-state index in [9.17, 15) is 9.59 Å². The number of rotatable bonds is 5. The smallest absolute Gasteiger partial charge is 0.254 e. The Hall–Kier alpha value is -2.28. The first-order chi connectivity index (χ1) is 11.7. The van der Waals surface area contributed by atoms with Crippen molar-refractivity contribution in [1.29, 1.82) is 0 Å². The molecule has 7 nitrogen and oxygen atoms in total. The average Bonchev–Trinajstić information content (AvgIpc) is 2.51. The van der Waals surface area contributed by atoms with E-state index in [1.54, 1.807) is 12.1 Å². The monoisotopic (exact) mass is 347 g/mol. The summed E-state index contributed by atoms with van der Waals surface area (Å²) < 4.78 is 0. The highest BCUT2D eigenvalue weighted by Crippen LogP contribution is 2.23. The van der Waals surface area contributed by atoms with Crippen LogP contribution in [0.25, 0.3) is 0 Å². The van der Waals surface area contributed by atoms with Gasteiger partial charge in [0.1, 0.15) is 6.04 Å². The molecule has 1 aliphatic heterocycles. The fourth-order valence-corrected chi connectivity index (χ4v) is 3.26. The molecule has 138 valence electrons. The molecule has 1 aromatic rings. The van der Waals surface area contributed by atoms with Crippen molar-refractivity contribution in [2.24, 2.45) is 11.7 Å². The minimum Gasteiger partial charge on any atom is -0.398 e. The Kier molecular flexibility index (Phi) is 5.89. The van der Waals surface area contributed by atoms with E-state index in [1.807, 2.05) is 19.9 Å². The van der Waals surface area contributed by atoms with Gasteiger partial charge in [-0.05, 0) is 38.0 Å². The predicted octanol–water partition coefficient (Wildman–Crippen LogP) is 0.695. The Morgan fingerprint density at radius 2 is 1.84 bits per heavy atom. The van der Waals surface area contributed by atoms with E-state index >= 15 is 0 Å². The lowest BCUT2D eigenvalue weighted by Crippen LogP contribution is -2.54. The summed E-state index contributed by atoms with van der Waals surface area (Å²) in [5.41, 5.74) is 13.1. The van der Waals surface area contributed by atoms with Crippen molar-refractivity contribution < 1.29 is 9.59 Å². The molecular weight excluding hydrogens is 318 g/mol. The number of primary amides is 1. The summed E-state index contributed by atoms with van der Waals surface area (Å²) in [5.74, 6) is -1.03. The van der Waals surface area contributed by atoms with Gasteiger partial charge in [-0.3, -0.25) is 9.59 Å². The fraction of sp³-hybridized carbons (Fsp3) is 0.556. The molecule has 1 heterocycles. The second-order valence-electron chi connectivity index (χ2n) is 7.24. The van der Waals surface area contributed by atoms with Crippen LogP contribution < -0.4 is 27.0 Å². The van der Waals surface area contributed by atoms with Crippen LogP contribution in [0.2, 0.25) is 0 Å². The molecule has 3 atom stereocenters. The average molecular weight is 347 g/mol. The van der Waals surface area contributed by atoms with Gasteiger partial charge in [0.2, 0.25) is 5.91 Å². The molecule has 0 aromatic heterocycles. The number of piperazine rings is 1. The highest BCUT2D eigenvalue weighted by molar-refractivity contribution is 6.02. The van der Waals surface area contributed by atoms with Crippen LogP contribution in [-0.2, 0) is 4.79 Å². The van der Waals surface area contributed by atoms with E-state index in [1.165, 1.54) is 0 Å². The van der Waals surface area contributed by atoms with Gasteiger partial charge >= 0.3 is 0 Å². The largest absolute Gasteiger partial charge is 0.398 e. The molecule has 0 radical (unpaired) electrons. The Labute approximate surface area is 149 Å². The van der Waals surface area contributed by atoms with Gasteiger partial charge in [0.05, 0.1) is 5.56 Å². The number of carbonyl (C=O) groups excluding carboxylic acids is 2. The maximum atomic E-state index is 12.6. The third-order valence-electron chi connectivity index (χ3n) is 4.46. The lowest BCUT2D eigenvalue weighted by Gasteiger charge is -2.38. The molecule has 1 saturated heterocycles. The van der Waals surface area contributed by atoms with Crippen LogP contribution in [0.1, 0.15) is 38.1 Å². The molecule has 1 fully saturated rings. The molecule has 25 heavy (non-hydrogen) atoms. The van der Waals surface area contributed by atoms with Crippen LogP contribution in [-0.4, -0.2) is 43.0 Å². The second-order valence-corrected chi connectivity index (χ2v) is 7.24. The van der Waals surface area contributed by atoms with E-state index in [4.69, 9.17) is 11.5 Å². The van der Waals surface area contributed by atoms with E-state index in [0.29, 0.717) is 23.3 Å². The SMILES string of the molecule is CC1CN(c2ccc(N)c(C(=O)NC(C(N)=O)C(C)C)c2)CC(C)N1. The lowest BCUT2D eigenvalue weighted by molar-refractivity contribution is -0.120. The normalized spacial score (nSPS) is 21.9. The Bertz CT molecular complexity index is 636. The number of nitrogens with two attached hydrogens (primary N) is 2. The van der Waals surface area contributed by atoms with Crippen molar-refractivity contribution >= 4 is 23.2 Å². The Morgan fingerprint density at radius 3 is 2.36 bits per heavy atom. The number of nitrogens with zero attached hydrogens (tertiary/aromatic N) is 1. The van der Waals surface area contributed by atoms with Crippen molar-refractivity contribution in [2.75, 3.05) is 23.7 Å². The van der Waals surface area contributed by atoms with E-state index in [2.05, 4.69) is 29.4 Å². The van der Waals surface area contributed by atoms with E-state index in [0.717, 1.165) is 18.8 Å².